The minimum absolute atomic E-state index is 0.102. The fourth-order valence-corrected chi connectivity index (χ4v) is 2.74. The van der Waals surface area contributed by atoms with Crippen LogP contribution >= 0.6 is 0 Å². The number of nitriles is 1. The van der Waals surface area contributed by atoms with Gasteiger partial charge in [-0.25, -0.2) is 0 Å². The molecule has 1 N–H and O–H groups in total. The van der Waals surface area contributed by atoms with Crippen LogP contribution in [0.2, 0.25) is 0 Å². The summed E-state index contributed by atoms with van der Waals surface area (Å²) in [7, 11) is 0. The van der Waals surface area contributed by atoms with Gasteiger partial charge in [0, 0.05) is 23.9 Å². The monoisotopic (exact) mass is 403 g/mol. The number of para-hydroxylation sites is 1. The zero-order chi connectivity index (χ0) is 21.5. The van der Waals surface area contributed by atoms with Crippen molar-refractivity contribution in [2.45, 2.75) is 6.92 Å². The van der Waals surface area contributed by atoms with Crippen LogP contribution in [0, 0.1) is 21.4 Å². The number of carbonyl (C=O) groups excluding carboxylic acids is 1. The van der Waals surface area contributed by atoms with E-state index < -0.39 is 10.8 Å². The van der Waals surface area contributed by atoms with Crippen molar-refractivity contribution in [3.63, 3.8) is 0 Å². The first-order valence-electron chi connectivity index (χ1n) is 9.01. The summed E-state index contributed by atoms with van der Waals surface area (Å²) in [5.74, 6) is 0.460. The van der Waals surface area contributed by atoms with E-state index in [1.54, 1.807) is 48.5 Å². The molecule has 3 rings (SSSR count). The number of furan rings is 1. The van der Waals surface area contributed by atoms with Crippen molar-refractivity contribution in [2.24, 2.45) is 0 Å². The molecule has 0 saturated heterocycles. The molecule has 0 spiro atoms. The van der Waals surface area contributed by atoms with Crippen molar-refractivity contribution in [2.75, 3.05) is 11.9 Å². The molecule has 0 unspecified atom stereocenters. The molecule has 0 aliphatic carbocycles. The third-order valence-corrected chi connectivity index (χ3v) is 4.05. The molecule has 150 valence electrons. The number of amides is 1. The van der Waals surface area contributed by atoms with Crippen molar-refractivity contribution < 1.29 is 18.9 Å². The molecule has 0 aliphatic rings. The molecule has 1 amide bonds. The predicted molar refractivity (Wildman–Crippen MR) is 111 cm³/mol. The summed E-state index contributed by atoms with van der Waals surface area (Å²) in [6.45, 7) is 2.34. The van der Waals surface area contributed by atoms with Crippen molar-refractivity contribution >= 4 is 23.4 Å². The Hall–Kier alpha value is -4.38. The van der Waals surface area contributed by atoms with Gasteiger partial charge in [-0.3, -0.25) is 14.9 Å². The van der Waals surface area contributed by atoms with Crippen molar-refractivity contribution in [3.8, 4) is 23.1 Å². The van der Waals surface area contributed by atoms with Crippen molar-refractivity contribution in [1.29, 1.82) is 5.26 Å². The van der Waals surface area contributed by atoms with Gasteiger partial charge in [0.25, 0.3) is 11.6 Å². The number of benzene rings is 2. The Morgan fingerprint density at radius 1 is 1.23 bits per heavy atom. The summed E-state index contributed by atoms with van der Waals surface area (Å²) in [4.78, 5) is 23.2. The summed E-state index contributed by atoms with van der Waals surface area (Å²) < 4.78 is 11.0. The van der Waals surface area contributed by atoms with Crippen LogP contribution in [0.3, 0.4) is 0 Å². The molecule has 0 aliphatic heterocycles. The van der Waals surface area contributed by atoms with E-state index in [1.807, 2.05) is 13.0 Å². The average molecular weight is 403 g/mol. The predicted octanol–water partition coefficient (Wildman–Crippen LogP) is 4.80. The zero-order valence-electron chi connectivity index (χ0n) is 16.0. The molecule has 1 heterocycles. The molecule has 0 bridgehead atoms. The molecule has 8 nitrogen and oxygen atoms in total. The SMILES string of the molecule is CCOc1cccc(NC(=O)/C(C#N)=C\c2ccc(-c3ccccc3[N+](=O)[O-])o2)c1. The molecule has 30 heavy (non-hydrogen) atoms. The third kappa shape index (κ3) is 4.72. The fourth-order valence-electron chi connectivity index (χ4n) is 2.74. The van der Waals surface area contributed by atoms with Gasteiger partial charge in [-0.05, 0) is 37.3 Å². The lowest BCUT2D eigenvalue weighted by Crippen LogP contribution is -2.13. The number of carbonyl (C=O) groups is 1. The lowest BCUT2D eigenvalue weighted by atomic mass is 10.1. The Labute approximate surface area is 172 Å². The van der Waals surface area contributed by atoms with Crippen molar-refractivity contribution in [3.05, 3.63) is 82.1 Å². The first-order chi connectivity index (χ1) is 14.5. The first-order valence-corrected chi connectivity index (χ1v) is 9.01. The van der Waals surface area contributed by atoms with Crippen LogP contribution in [0.1, 0.15) is 12.7 Å². The topological polar surface area (TPSA) is 118 Å². The van der Waals surface area contributed by atoms with Gasteiger partial charge in [-0.2, -0.15) is 5.26 Å². The smallest absolute Gasteiger partial charge is 0.280 e. The normalized spacial score (nSPS) is 10.9. The largest absolute Gasteiger partial charge is 0.494 e. The maximum Gasteiger partial charge on any atom is 0.280 e. The van der Waals surface area contributed by atoms with Gasteiger partial charge in [0.2, 0.25) is 0 Å². The van der Waals surface area contributed by atoms with Crippen LogP contribution < -0.4 is 10.1 Å². The number of ether oxygens (including phenoxy) is 1. The summed E-state index contributed by atoms with van der Waals surface area (Å²) in [6, 6.07) is 17.9. The fraction of sp³-hybridized carbons (Fsp3) is 0.0909. The second-order valence-electron chi connectivity index (χ2n) is 6.06. The molecule has 0 saturated carbocycles. The Morgan fingerprint density at radius 3 is 2.77 bits per heavy atom. The first kappa shape index (κ1) is 20.4. The number of anilines is 1. The molecule has 1 aromatic heterocycles. The lowest BCUT2D eigenvalue weighted by molar-refractivity contribution is -0.384. The van der Waals surface area contributed by atoms with E-state index in [9.17, 15) is 20.2 Å². The Bertz CT molecular complexity index is 1160. The van der Waals surface area contributed by atoms with E-state index in [4.69, 9.17) is 9.15 Å². The Morgan fingerprint density at radius 2 is 2.03 bits per heavy atom. The van der Waals surface area contributed by atoms with Gasteiger partial charge in [-0.1, -0.05) is 18.2 Å². The van der Waals surface area contributed by atoms with Gasteiger partial charge < -0.3 is 14.5 Å². The molecule has 0 atom stereocenters. The van der Waals surface area contributed by atoms with E-state index in [0.29, 0.717) is 23.6 Å². The van der Waals surface area contributed by atoms with Crippen LogP contribution in [-0.2, 0) is 4.79 Å². The number of nitrogens with one attached hydrogen (secondary N) is 1. The molecule has 3 aromatic rings. The Kier molecular flexibility index (Phi) is 6.25. The van der Waals surface area contributed by atoms with E-state index in [0.717, 1.165) is 0 Å². The second kappa shape index (κ2) is 9.21. The molecular formula is C22H17N3O5. The third-order valence-electron chi connectivity index (χ3n) is 4.05. The van der Waals surface area contributed by atoms with Crippen LogP contribution in [-0.4, -0.2) is 17.4 Å². The summed E-state index contributed by atoms with van der Waals surface area (Å²) in [6.07, 6.45) is 1.28. The zero-order valence-corrected chi connectivity index (χ0v) is 16.0. The van der Waals surface area contributed by atoms with E-state index in [1.165, 1.54) is 18.2 Å². The van der Waals surface area contributed by atoms with Crippen LogP contribution in [0.15, 0.2) is 70.7 Å². The van der Waals surface area contributed by atoms with Gasteiger partial charge in [-0.15, -0.1) is 0 Å². The van der Waals surface area contributed by atoms with E-state index in [-0.39, 0.29) is 22.8 Å². The average Bonchev–Trinajstić information content (AvgIpc) is 3.21. The van der Waals surface area contributed by atoms with Crippen LogP contribution in [0.5, 0.6) is 5.75 Å². The van der Waals surface area contributed by atoms with Crippen molar-refractivity contribution in [1.82, 2.24) is 0 Å². The highest BCUT2D eigenvalue weighted by atomic mass is 16.6. The number of rotatable bonds is 7. The number of nitro groups is 1. The minimum Gasteiger partial charge on any atom is -0.494 e. The molecule has 0 radical (unpaired) electrons. The highest BCUT2D eigenvalue weighted by molar-refractivity contribution is 6.09. The number of hydrogen-bond donors (Lipinski definition) is 1. The van der Waals surface area contributed by atoms with Crippen LogP contribution in [0.4, 0.5) is 11.4 Å². The second-order valence-corrected chi connectivity index (χ2v) is 6.06. The lowest BCUT2D eigenvalue weighted by Gasteiger charge is -2.07. The maximum absolute atomic E-state index is 12.5. The molecular weight excluding hydrogens is 386 g/mol. The van der Waals surface area contributed by atoms with Crippen LogP contribution in [0.25, 0.3) is 17.4 Å². The summed E-state index contributed by atoms with van der Waals surface area (Å²) in [5, 5.41) is 23.2. The standard InChI is InChI=1S/C22H17N3O5/c1-2-29-17-7-5-6-16(13-17)24-22(26)15(14-23)12-18-10-11-21(30-18)19-8-3-4-9-20(19)25(27)28/h3-13H,2H2,1H3,(H,24,26)/b15-12-. The Balaban J connectivity index is 1.82. The van der Waals surface area contributed by atoms with Gasteiger partial charge in [0.1, 0.15) is 28.9 Å². The van der Waals surface area contributed by atoms with E-state index in [2.05, 4.69) is 5.32 Å². The summed E-state index contributed by atoms with van der Waals surface area (Å²) in [5.41, 5.74) is 0.500. The molecule has 0 fully saturated rings. The van der Waals surface area contributed by atoms with Gasteiger partial charge >= 0.3 is 0 Å². The highest BCUT2D eigenvalue weighted by Crippen LogP contribution is 2.31. The number of hydrogen-bond acceptors (Lipinski definition) is 6. The summed E-state index contributed by atoms with van der Waals surface area (Å²) >= 11 is 0. The maximum atomic E-state index is 12.5. The minimum atomic E-state index is -0.616. The quantitative estimate of drug-likeness (QED) is 0.262. The number of nitrogens with zero attached hydrogens (tertiary/aromatic N) is 2. The molecule has 2 aromatic carbocycles. The highest BCUT2D eigenvalue weighted by Gasteiger charge is 2.17. The molecule has 8 heteroatoms. The van der Waals surface area contributed by atoms with E-state index >= 15 is 0 Å². The number of nitro benzene ring substituents is 1. The van der Waals surface area contributed by atoms with Gasteiger partial charge in [0.05, 0.1) is 17.1 Å². The van der Waals surface area contributed by atoms with Gasteiger partial charge in [0.15, 0.2) is 0 Å².